The molecule has 0 fully saturated rings. The lowest BCUT2D eigenvalue weighted by atomic mass is 9.33. The number of fused-ring (bicyclic) bond motifs is 9. The molecular weight excluding hydrogens is 1410 g/mol. The summed E-state index contributed by atoms with van der Waals surface area (Å²) in [6.07, 6.45) is 2.23. The number of aromatic nitrogens is 1. The van der Waals surface area contributed by atoms with E-state index in [1.165, 1.54) is 210 Å². The van der Waals surface area contributed by atoms with E-state index in [1.807, 2.05) is 0 Å². The van der Waals surface area contributed by atoms with Gasteiger partial charge >= 0.3 is 0 Å². The monoisotopic (exact) mass is 1490 g/mol. The lowest BCUT2D eigenvalue weighted by Crippen LogP contribution is -2.62. The molecule has 0 saturated carbocycles. The summed E-state index contributed by atoms with van der Waals surface area (Å²) in [6.45, 7) is 8.15. The zero-order chi connectivity index (χ0) is 77.8. The first kappa shape index (κ1) is 69.6. The maximum Gasteiger partial charge on any atom is 0.252 e. The van der Waals surface area contributed by atoms with Crippen molar-refractivity contribution in [2.45, 2.75) is 45.4 Å². The van der Waals surface area contributed by atoms with E-state index in [0.29, 0.717) is 13.1 Å². The molecule has 22 rings (SSSR count). The number of nitrogens with zero attached hydrogens (tertiary/aromatic N) is 3. The SMILES string of the molecule is CC(C)(C)c1ccc(Cc2cc3c4c(c2)N(CCc2c(-c5ccccc5)cc(-c5ccccc5)cc2-c2ccccc2)c2cc(-n5c6ccccc6c6ccccc65)ccc2B4c2cc(-c4ccc5c6cccc7cccc(c8cccc4c85)c76)ccc2N3CCc2c(-c3ccccc3)cc(-c3ccccc3)cc2-c2ccccc2)cc1. The van der Waals surface area contributed by atoms with Crippen molar-refractivity contribution >= 4 is 111 Å². The summed E-state index contributed by atoms with van der Waals surface area (Å²) in [6, 6.07) is 150. The summed E-state index contributed by atoms with van der Waals surface area (Å²) in [5.74, 6) is 0. The molecule has 0 radical (unpaired) electrons. The van der Waals surface area contributed by atoms with E-state index in [-0.39, 0.29) is 12.1 Å². The van der Waals surface area contributed by atoms with Gasteiger partial charge in [-0.25, -0.2) is 0 Å². The van der Waals surface area contributed by atoms with Crippen molar-refractivity contribution < 1.29 is 0 Å². The fourth-order valence-electron chi connectivity index (χ4n) is 20.0. The van der Waals surface area contributed by atoms with Crippen LogP contribution in [0.15, 0.2) is 394 Å². The van der Waals surface area contributed by atoms with Crippen molar-refractivity contribution in [2.75, 3.05) is 22.9 Å². The van der Waals surface area contributed by atoms with Gasteiger partial charge in [0.2, 0.25) is 0 Å². The molecule has 1 aromatic heterocycles. The van der Waals surface area contributed by atoms with E-state index in [4.69, 9.17) is 0 Å². The summed E-state index contributed by atoms with van der Waals surface area (Å²) in [5.41, 5.74) is 35.9. The average molecular weight is 1490 g/mol. The van der Waals surface area contributed by atoms with Gasteiger partial charge in [0.25, 0.3) is 6.71 Å². The quantitative estimate of drug-likeness (QED) is 0.0543. The van der Waals surface area contributed by atoms with Gasteiger partial charge in [-0.15, -0.1) is 0 Å². The molecule has 0 bridgehead atoms. The largest absolute Gasteiger partial charge is 0.342 e. The number of rotatable bonds is 16. The Balaban J connectivity index is 0.812. The first-order valence-corrected chi connectivity index (χ1v) is 41.5. The molecule has 0 aliphatic carbocycles. The van der Waals surface area contributed by atoms with Crippen molar-refractivity contribution in [3.63, 3.8) is 0 Å². The first-order chi connectivity index (χ1) is 57.7. The molecule has 554 valence electrons. The predicted octanol–water partition coefficient (Wildman–Crippen LogP) is 27.3. The van der Waals surface area contributed by atoms with Crippen LogP contribution in [0.5, 0.6) is 0 Å². The Morgan fingerprint density at radius 1 is 0.265 bits per heavy atom. The van der Waals surface area contributed by atoms with Crippen LogP contribution in [0.4, 0.5) is 22.7 Å². The van der Waals surface area contributed by atoms with Crippen LogP contribution < -0.4 is 26.2 Å². The van der Waals surface area contributed by atoms with Crippen molar-refractivity contribution in [3.05, 3.63) is 422 Å². The number of hydrogen-bond donors (Lipinski definition) is 0. The molecule has 20 aromatic rings. The van der Waals surface area contributed by atoms with Crippen LogP contribution in [-0.2, 0) is 24.7 Å². The maximum atomic E-state index is 2.78. The lowest BCUT2D eigenvalue weighted by molar-refractivity contribution is 0.590. The van der Waals surface area contributed by atoms with Crippen LogP contribution in [0.25, 0.3) is 148 Å². The number of anilines is 4. The third-order valence-electron chi connectivity index (χ3n) is 25.4. The van der Waals surface area contributed by atoms with Crippen molar-refractivity contribution in [2.24, 2.45) is 0 Å². The minimum Gasteiger partial charge on any atom is -0.342 e. The van der Waals surface area contributed by atoms with Crippen LogP contribution in [0.1, 0.15) is 48.6 Å². The molecule has 0 amide bonds. The minimum atomic E-state index is -0.181. The Hall–Kier alpha value is -14.1. The van der Waals surface area contributed by atoms with Crippen LogP contribution in [0, 0.1) is 0 Å². The third-order valence-corrected chi connectivity index (χ3v) is 25.4. The topological polar surface area (TPSA) is 11.4 Å². The standard InChI is InChI=1S/C113H84BN3/c1-113(2,3)86-54-51-74(52-55-86)65-75-66-108-112-109(67-75)116(64-62-90-100(80-37-18-8-19-38-80)70-85(77-31-12-5-13-32-77)71-101(90)81-39-20-9-21-40-81)107-73-87(117-104-49-24-22-43-91(104)92-44-23-25-50-105(92)117)56-59-102(107)114(112)103-72-83(88-57-58-97-95-46-27-42-82-41-26-45-94(110(82)95)96-48-28-47-93(88)111(96)97)53-60-106(103)115(108)63-61-89-98(78-33-14-6-15-34-78)68-84(76-29-10-4-11-30-76)69-99(89)79-35-16-7-17-36-79/h4-60,66-73H,61-65H2,1-3H3. The highest BCUT2D eigenvalue weighted by Crippen LogP contribution is 2.48. The van der Waals surface area contributed by atoms with E-state index in [9.17, 15) is 0 Å². The second-order valence-corrected chi connectivity index (χ2v) is 33.2. The van der Waals surface area contributed by atoms with Crippen molar-refractivity contribution in [1.82, 2.24) is 4.57 Å². The highest BCUT2D eigenvalue weighted by molar-refractivity contribution is 7.00. The number of benzene rings is 19. The van der Waals surface area contributed by atoms with E-state index >= 15 is 0 Å². The highest BCUT2D eigenvalue weighted by Gasteiger charge is 2.44. The molecule has 0 saturated heterocycles. The summed E-state index contributed by atoms with van der Waals surface area (Å²) in [7, 11) is 0. The summed E-state index contributed by atoms with van der Waals surface area (Å²) < 4.78 is 2.52. The van der Waals surface area contributed by atoms with E-state index in [1.54, 1.807) is 0 Å². The fourth-order valence-corrected chi connectivity index (χ4v) is 20.0. The first-order valence-electron chi connectivity index (χ1n) is 41.5. The van der Waals surface area contributed by atoms with Crippen LogP contribution >= 0.6 is 0 Å². The Kier molecular flexibility index (Phi) is 17.0. The molecule has 0 spiro atoms. The van der Waals surface area contributed by atoms with Gasteiger partial charge < -0.3 is 14.4 Å². The van der Waals surface area contributed by atoms with Gasteiger partial charge in [-0.3, -0.25) is 0 Å². The zero-order valence-electron chi connectivity index (χ0n) is 66.0. The van der Waals surface area contributed by atoms with Crippen LogP contribution in [0.2, 0.25) is 0 Å². The fraction of sp³-hybridized carbons (Fsp3) is 0.0796. The molecule has 0 N–H and O–H groups in total. The molecular formula is C113H84BN3. The summed E-state index contributed by atoms with van der Waals surface area (Å²) >= 11 is 0. The van der Waals surface area contributed by atoms with Gasteiger partial charge in [0, 0.05) is 52.3 Å². The normalized spacial score (nSPS) is 12.5. The van der Waals surface area contributed by atoms with Gasteiger partial charge in [-0.05, 0) is 257 Å². The molecule has 2 aliphatic rings. The number of para-hydroxylation sites is 2. The molecule has 19 aromatic carbocycles. The van der Waals surface area contributed by atoms with E-state index < -0.39 is 0 Å². The second-order valence-electron chi connectivity index (χ2n) is 33.2. The molecule has 2 aliphatic heterocycles. The van der Waals surface area contributed by atoms with Gasteiger partial charge in [0.05, 0.1) is 11.0 Å². The van der Waals surface area contributed by atoms with Crippen molar-refractivity contribution in [3.8, 4) is 83.6 Å². The van der Waals surface area contributed by atoms with E-state index in [2.05, 4.69) is 429 Å². The predicted molar refractivity (Wildman–Crippen MR) is 500 cm³/mol. The third kappa shape index (κ3) is 12.0. The Morgan fingerprint density at radius 2 is 0.692 bits per heavy atom. The number of hydrogen-bond acceptors (Lipinski definition) is 2. The Labute approximate surface area is 684 Å². The molecule has 117 heavy (non-hydrogen) atoms. The Morgan fingerprint density at radius 3 is 1.19 bits per heavy atom. The van der Waals surface area contributed by atoms with Crippen LogP contribution in [-0.4, -0.2) is 24.4 Å². The van der Waals surface area contributed by atoms with Crippen molar-refractivity contribution in [1.29, 1.82) is 0 Å². The van der Waals surface area contributed by atoms with Gasteiger partial charge in [0.15, 0.2) is 0 Å². The zero-order valence-corrected chi connectivity index (χ0v) is 66.0. The summed E-state index contributed by atoms with van der Waals surface area (Å²) in [4.78, 5) is 5.55. The molecule has 3 nitrogen and oxygen atoms in total. The van der Waals surface area contributed by atoms with Crippen LogP contribution in [0.3, 0.4) is 0 Å². The smallest absolute Gasteiger partial charge is 0.252 e. The molecule has 4 heteroatoms. The molecule has 3 heterocycles. The van der Waals surface area contributed by atoms with E-state index in [0.717, 1.165) is 24.9 Å². The highest BCUT2D eigenvalue weighted by atomic mass is 15.2. The Bertz CT molecular complexity index is 7000. The minimum absolute atomic E-state index is 0.00350. The van der Waals surface area contributed by atoms with Gasteiger partial charge in [-0.2, -0.15) is 0 Å². The lowest BCUT2D eigenvalue weighted by Gasteiger charge is -2.45. The summed E-state index contributed by atoms with van der Waals surface area (Å²) in [5, 5.41) is 12.8. The maximum absolute atomic E-state index is 2.78. The second kappa shape index (κ2) is 28.5. The van der Waals surface area contributed by atoms with Gasteiger partial charge in [0.1, 0.15) is 0 Å². The average Bonchev–Trinajstić information content (AvgIpc) is 0.933. The molecule has 0 atom stereocenters. The van der Waals surface area contributed by atoms with Gasteiger partial charge in [-0.1, -0.05) is 348 Å². The molecule has 0 unspecified atom stereocenters.